The number of fused-ring (bicyclic) bond motifs is 2. The van der Waals surface area contributed by atoms with Crippen molar-refractivity contribution >= 4 is 60.9 Å². The van der Waals surface area contributed by atoms with Gasteiger partial charge in [-0.1, -0.05) is 12.2 Å². The lowest BCUT2D eigenvalue weighted by atomic mass is 9.97. The number of esters is 2. The van der Waals surface area contributed by atoms with Gasteiger partial charge >= 0.3 is 26.3 Å². The fraction of sp³-hybridized carbons (Fsp3) is 0.636. The fourth-order valence-corrected chi connectivity index (χ4v) is 7.87. The molecule has 2 fully saturated rings. The monoisotopic (exact) mass is 908 g/mol. The molecular weight excluding hydrogens is 864 g/mol. The molecule has 6 heterocycles. The van der Waals surface area contributed by atoms with E-state index in [4.69, 9.17) is 32.5 Å². The molecule has 9 atom stereocenters. The number of carbonyl (C=O) groups is 2. The van der Waals surface area contributed by atoms with Crippen LogP contribution < -0.4 is 11.1 Å². The van der Waals surface area contributed by atoms with Gasteiger partial charge in [0, 0.05) is 13.1 Å². The van der Waals surface area contributed by atoms with Crippen LogP contribution in [-0.2, 0) is 64.7 Å². The maximum atomic E-state index is 16.4. The minimum atomic E-state index is -4.56. The maximum Gasteiger partial charge on any atom is 0.386 e. The number of hydrogen-bond donors (Lipinski definition) is 2. The van der Waals surface area contributed by atoms with E-state index in [1.54, 1.807) is 41.5 Å². The molecule has 0 spiro atoms. The van der Waals surface area contributed by atoms with E-state index in [0.29, 0.717) is 0 Å². The topological polar surface area (TPSA) is 259 Å². The molecule has 0 aromatic carbocycles. The first kappa shape index (κ1) is 45.6. The van der Waals surface area contributed by atoms with Gasteiger partial charge in [0.25, 0.3) is 11.1 Å². The van der Waals surface area contributed by atoms with Crippen molar-refractivity contribution in [2.24, 2.45) is 10.8 Å². The second-order valence-corrected chi connectivity index (χ2v) is 20.9. The van der Waals surface area contributed by atoms with Crippen LogP contribution in [0.2, 0.25) is 0 Å². The Hall–Kier alpha value is -3.93. The van der Waals surface area contributed by atoms with Gasteiger partial charge in [-0.05, 0) is 41.5 Å². The molecule has 0 amide bonds. The van der Waals surface area contributed by atoms with Crippen molar-refractivity contribution < 1.29 is 64.9 Å². The third-order valence-corrected chi connectivity index (χ3v) is 11.3. The molecule has 22 nitrogen and oxygen atoms in total. The van der Waals surface area contributed by atoms with Crippen LogP contribution in [-0.4, -0.2) is 106 Å². The van der Waals surface area contributed by atoms with Crippen molar-refractivity contribution in [3.8, 4) is 0 Å². The highest BCUT2D eigenvalue weighted by atomic mass is 32.7. The molecule has 0 aliphatic carbocycles. The van der Waals surface area contributed by atoms with E-state index in [-0.39, 0.29) is 28.7 Å². The lowest BCUT2D eigenvalue weighted by molar-refractivity contribution is -0.157. The lowest BCUT2D eigenvalue weighted by Gasteiger charge is -2.24. The van der Waals surface area contributed by atoms with Crippen molar-refractivity contribution in [3.05, 3.63) is 46.0 Å². The summed E-state index contributed by atoms with van der Waals surface area (Å²) >= 11 is 3.99. The minimum Gasteiger partial charge on any atom is -0.443 e. The van der Waals surface area contributed by atoms with Crippen molar-refractivity contribution in [3.63, 3.8) is 0 Å². The summed E-state index contributed by atoms with van der Waals surface area (Å²) < 4.78 is 99.4. The Balaban J connectivity index is 1.13. The summed E-state index contributed by atoms with van der Waals surface area (Å²) in [6.45, 7) is 3.95. The Morgan fingerprint density at radius 1 is 0.817 bits per heavy atom. The molecule has 0 saturated carbocycles. The van der Waals surface area contributed by atoms with Crippen molar-refractivity contribution in [1.82, 2.24) is 38.2 Å². The molecule has 0 bridgehead atoms. The van der Waals surface area contributed by atoms with E-state index >= 15 is 8.78 Å². The Morgan fingerprint density at radius 2 is 1.32 bits per heavy atom. The molecule has 60 heavy (non-hydrogen) atoms. The number of ether oxygens (including phenoxy) is 4. The van der Waals surface area contributed by atoms with Gasteiger partial charge in [0.15, 0.2) is 54.4 Å². The average Bonchev–Trinajstić information content (AvgIpc) is 3.93. The molecule has 4 aromatic heterocycles. The van der Waals surface area contributed by atoms with Gasteiger partial charge in [0.05, 0.1) is 42.8 Å². The highest BCUT2D eigenvalue weighted by Gasteiger charge is 2.51. The zero-order valence-corrected chi connectivity index (χ0v) is 36.0. The Kier molecular flexibility index (Phi) is 13.0. The van der Waals surface area contributed by atoms with Gasteiger partial charge in [-0.3, -0.25) is 51.1 Å². The average molecular weight is 909 g/mol. The van der Waals surface area contributed by atoms with Gasteiger partial charge in [0.1, 0.15) is 31.0 Å². The first-order valence-corrected chi connectivity index (χ1v) is 22.9. The number of thiol groups is 1. The van der Waals surface area contributed by atoms with E-state index in [2.05, 4.69) is 32.2 Å². The molecule has 2 aliphatic heterocycles. The zero-order chi connectivity index (χ0) is 44.1. The predicted molar refractivity (Wildman–Crippen MR) is 206 cm³/mol. The van der Waals surface area contributed by atoms with Gasteiger partial charge < -0.3 is 28.4 Å². The maximum absolute atomic E-state index is 16.4. The lowest BCUT2D eigenvalue weighted by Crippen LogP contribution is -2.33. The molecule has 330 valence electrons. The highest BCUT2D eigenvalue weighted by molar-refractivity contribution is 8.44. The molecule has 1 N–H and O–H groups in total. The molecule has 6 unspecified atom stereocenters. The van der Waals surface area contributed by atoms with Crippen LogP contribution in [0.15, 0.2) is 34.9 Å². The Labute approximate surface area is 344 Å². The first-order valence-electron chi connectivity index (χ1n) is 18.2. The molecule has 0 radical (unpaired) electrons. The van der Waals surface area contributed by atoms with Crippen LogP contribution in [0.3, 0.4) is 0 Å². The van der Waals surface area contributed by atoms with Crippen molar-refractivity contribution in [2.75, 3.05) is 19.9 Å². The summed E-state index contributed by atoms with van der Waals surface area (Å²) in [6, 6.07) is 0. The smallest absolute Gasteiger partial charge is 0.386 e. The first-order chi connectivity index (χ1) is 27.8. The summed E-state index contributed by atoms with van der Waals surface area (Å²) in [5.74, 6) is -1.13. The second-order valence-electron chi connectivity index (χ2n) is 16.2. The van der Waals surface area contributed by atoms with E-state index < -0.39 is 118 Å². The van der Waals surface area contributed by atoms with Gasteiger partial charge in [-0.15, -0.1) is 0 Å². The Bertz CT molecular complexity index is 2480. The molecule has 2 saturated heterocycles. The summed E-state index contributed by atoms with van der Waals surface area (Å²) in [7, 11) is -4.15. The fourth-order valence-electron chi connectivity index (χ4n) is 5.94. The summed E-state index contributed by atoms with van der Waals surface area (Å²) in [4.78, 5) is 76.8. The van der Waals surface area contributed by atoms with Crippen LogP contribution in [0.4, 0.5) is 8.78 Å². The summed E-state index contributed by atoms with van der Waals surface area (Å²) in [5, 5.41) is 0. The standard InChI is InChI=1S/C33H44F2N8O14P2S/c1-32(2,3)30(46)51-15-40-11-38-24-21(26(40)44)36-13-42(24)28-18(34)8-17(55-28)9-54-59(50,60)57-23-19(10-53-58(7,48)49)56-29(20(23)35)43-14-37-22-25(43)39-12-41(27(22)45)16-52-31(47)33(4,5)6/h11-14,17-20,23,28-29H,8-10,15-16H2,1-7H3,(H,48,49)(H,50,60)/t17?,18-,19?,20-,23-,28?,29?,59?/m1/s1. The van der Waals surface area contributed by atoms with Crippen LogP contribution in [0.1, 0.15) is 60.4 Å². The highest BCUT2D eigenvalue weighted by Crippen LogP contribution is 2.57. The number of nitrogens with zero attached hydrogens (tertiary/aromatic N) is 8. The van der Waals surface area contributed by atoms with Gasteiger partial charge in [0.2, 0.25) is 0 Å². The number of carbonyl (C=O) groups excluding carboxylic acids is 2. The van der Waals surface area contributed by atoms with Crippen molar-refractivity contribution in [1.29, 1.82) is 0 Å². The number of hydrogen-bond acceptors (Lipinski definition) is 17. The van der Waals surface area contributed by atoms with Crippen LogP contribution in [0.5, 0.6) is 0 Å². The Morgan fingerprint density at radius 3 is 1.80 bits per heavy atom. The number of rotatable bonds is 14. The van der Waals surface area contributed by atoms with E-state index in [1.165, 1.54) is 4.57 Å². The third kappa shape index (κ3) is 10.1. The van der Waals surface area contributed by atoms with Crippen LogP contribution >= 0.6 is 26.6 Å². The minimum absolute atomic E-state index is 0.0264. The normalized spacial score (nSPS) is 25.7. The molecule has 4 aromatic rings. The van der Waals surface area contributed by atoms with Crippen LogP contribution in [0, 0.1) is 10.8 Å². The largest absolute Gasteiger partial charge is 0.443 e. The van der Waals surface area contributed by atoms with Gasteiger partial charge in [-0.2, -0.15) is 0 Å². The summed E-state index contributed by atoms with van der Waals surface area (Å²) in [6.07, 6.45) is -7.26. The SMILES string of the molecule is CC(C)(C)C(=O)OCn1cnc2c(ncn2C2OC(COP(=O)(S)O[C@@H]3C(COP(C)(=O)O)OC(n4cnc5c(=O)n(COC(=O)C(C)(C)C)cnc54)[C@@H]3F)C[C@H]2F)c1=O. The van der Waals surface area contributed by atoms with Crippen LogP contribution in [0.25, 0.3) is 22.3 Å². The van der Waals surface area contributed by atoms with Crippen molar-refractivity contribution in [2.45, 2.75) is 105 Å². The number of aromatic nitrogens is 8. The molecule has 2 aliphatic rings. The number of imidazole rings is 2. The van der Waals surface area contributed by atoms with E-state index in [9.17, 15) is 33.2 Å². The number of alkyl halides is 2. The van der Waals surface area contributed by atoms with E-state index in [0.717, 1.165) is 45.7 Å². The predicted octanol–water partition coefficient (Wildman–Crippen LogP) is 3.43. The quantitative estimate of drug-likeness (QED) is 0.104. The third-order valence-electron chi connectivity index (χ3n) is 9.10. The van der Waals surface area contributed by atoms with Gasteiger partial charge in [-0.25, -0.2) is 33.3 Å². The molecular formula is C33H44F2N8O14P2S. The van der Waals surface area contributed by atoms with E-state index in [1.807, 2.05) is 0 Å². The molecule has 6 rings (SSSR count). The zero-order valence-electron chi connectivity index (χ0n) is 33.3. The molecule has 27 heteroatoms. The summed E-state index contributed by atoms with van der Waals surface area (Å²) in [5.41, 5.74) is -3.62. The second kappa shape index (κ2) is 17.1. The number of halogens is 2.